The molecule has 1 aromatic carbocycles. The van der Waals surface area contributed by atoms with Crippen molar-refractivity contribution in [2.24, 2.45) is 17.6 Å². The lowest BCUT2D eigenvalue weighted by Gasteiger charge is -2.50. The fourth-order valence-electron chi connectivity index (χ4n) is 4.85. The smallest absolute Gasteiger partial charge is 0.234 e. The molecule has 146 valence electrons. The standard InChI is InChI=1S/C21H27ClN2O2S/c1-21(2,10-23)12-5-3-11(4-6-12)16-15(25)9-14(22)18-17(16)13-7-8-27-19(13)20(26)24-18/h3-8,13-19,25H,9-10,23H2,1-2H3,(H,24,26). The van der Waals surface area contributed by atoms with Crippen LogP contribution in [0, 0.1) is 11.8 Å². The Bertz CT molecular complexity index is 751. The summed E-state index contributed by atoms with van der Waals surface area (Å²) in [5.74, 6) is 0.224. The lowest BCUT2D eigenvalue weighted by molar-refractivity contribution is -0.126. The van der Waals surface area contributed by atoms with Crippen molar-refractivity contribution < 1.29 is 9.90 Å². The third kappa shape index (κ3) is 3.23. The van der Waals surface area contributed by atoms with Gasteiger partial charge in [0.1, 0.15) is 0 Å². The molecule has 0 spiro atoms. The first-order valence-electron chi connectivity index (χ1n) is 9.58. The van der Waals surface area contributed by atoms with Crippen molar-refractivity contribution in [3.63, 3.8) is 0 Å². The van der Waals surface area contributed by atoms with E-state index < -0.39 is 6.10 Å². The summed E-state index contributed by atoms with van der Waals surface area (Å²) in [6.45, 7) is 4.84. The normalized spacial score (nSPS) is 38.3. The van der Waals surface area contributed by atoms with Crippen LogP contribution in [-0.2, 0) is 10.2 Å². The van der Waals surface area contributed by atoms with Crippen LogP contribution in [0.4, 0.5) is 0 Å². The number of halogens is 1. The van der Waals surface area contributed by atoms with Gasteiger partial charge in [-0.15, -0.1) is 23.4 Å². The average molecular weight is 407 g/mol. The first-order chi connectivity index (χ1) is 12.8. The molecule has 0 bridgehead atoms. The molecule has 4 rings (SSSR count). The third-order valence-corrected chi connectivity index (χ3v) is 8.16. The number of allylic oxidation sites excluding steroid dienone is 1. The Morgan fingerprint density at radius 1 is 1.33 bits per heavy atom. The fraction of sp³-hybridized carbons (Fsp3) is 0.571. The van der Waals surface area contributed by atoms with Crippen molar-refractivity contribution in [1.82, 2.24) is 5.32 Å². The Balaban J connectivity index is 1.70. The summed E-state index contributed by atoms with van der Waals surface area (Å²) in [5.41, 5.74) is 8.13. The van der Waals surface area contributed by atoms with E-state index in [4.69, 9.17) is 17.3 Å². The Morgan fingerprint density at radius 2 is 2.04 bits per heavy atom. The van der Waals surface area contributed by atoms with E-state index in [-0.39, 0.29) is 45.7 Å². The number of nitrogens with two attached hydrogens (primary N) is 1. The molecular weight excluding hydrogens is 380 g/mol. The number of nitrogens with one attached hydrogen (secondary N) is 1. The second kappa shape index (κ2) is 7.11. The molecule has 1 aliphatic carbocycles. The number of piperidine rings is 1. The number of carbonyl (C=O) groups excluding carboxylic acids is 1. The minimum absolute atomic E-state index is 0.0449. The van der Waals surface area contributed by atoms with E-state index in [1.807, 2.05) is 5.41 Å². The van der Waals surface area contributed by atoms with Crippen LogP contribution in [0.3, 0.4) is 0 Å². The second-order valence-corrected chi connectivity index (χ2v) is 10.2. The molecule has 2 aliphatic heterocycles. The highest BCUT2D eigenvalue weighted by molar-refractivity contribution is 8.03. The molecule has 2 fully saturated rings. The van der Waals surface area contributed by atoms with E-state index in [9.17, 15) is 9.90 Å². The third-order valence-electron chi connectivity index (χ3n) is 6.57. The van der Waals surface area contributed by atoms with Crippen LogP contribution in [-0.4, -0.2) is 40.3 Å². The zero-order valence-electron chi connectivity index (χ0n) is 15.6. The van der Waals surface area contributed by atoms with Crippen molar-refractivity contribution in [2.75, 3.05) is 6.54 Å². The number of fused-ring (bicyclic) bond motifs is 3. The van der Waals surface area contributed by atoms with E-state index in [1.54, 1.807) is 11.8 Å². The highest BCUT2D eigenvalue weighted by Crippen LogP contribution is 2.51. The van der Waals surface area contributed by atoms with E-state index >= 15 is 0 Å². The summed E-state index contributed by atoms with van der Waals surface area (Å²) in [4.78, 5) is 12.5. The molecule has 7 atom stereocenters. The summed E-state index contributed by atoms with van der Waals surface area (Å²) < 4.78 is 0. The second-order valence-electron chi connectivity index (χ2n) is 8.63. The molecule has 4 nitrogen and oxygen atoms in total. The van der Waals surface area contributed by atoms with Gasteiger partial charge in [0.15, 0.2) is 0 Å². The number of aliphatic hydroxyl groups is 1. The van der Waals surface area contributed by atoms with Crippen LogP contribution >= 0.6 is 23.4 Å². The lowest BCUT2D eigenvalue weighted by Crippen LogP contribution is -2.63. The predicted octanol–water partition coefficient (Wildman–Crippen LogP) is 2.74. The van der Waals surface area contributed by atoms with Crippen molar-refractivity contribution >= 4 is 29.3 Å². The number of rotatable bonds is 3. The van der Waals surface area contributed by atoms with Crippen LogP contribution in [0.25, 0.3) is 0 Å². The first kappa shape index (κ1) is 19.3. The molecule has 4 N–H and O–H groups in total. The summed E-state index contributed by atoms with van der Waals surface area (Å²) in [6.07, 6.45) is 2.10. The van der Waals surface area contributed by atoms with Crippen LogP contribution in [0.2, 0.25) is 0 Å². The molecule has 3 aliphatic rings. The fourth-order valence-corrected chi connectivity index (χ4v) is 6.35. The number of benzene rings is 1. The highest BCUT2D eigenvalue weighted by Gasteiger charge is 2.54. The van der Waals surface area contributed by atoms with E-state index in [2.05, 4.69) is 49.5 Å². The van der Waals surface area contributed by atoms with Gasteiger partial charge in [-0.3, -0.25) is 4.79 Å². The Hall–Kier alpha value is -1.01. The molecular formula is C21H27ClN2O2S. The SMILES string of the molecule is CC(C)(CN)c1ccc(C2C(O)CC(Cl)C3NC(=O)C4SC=CC4C32)cc1. The van der Waals surface area contributed by atoms with Crippen LogP contribution < -0.4 is 11.1 Å². The molecule has 6 heteroatoms. The van der Waals surface area contributed by atoms with Crippen LogP contribution in [0.1, 0.15) is 37.3 Å². The predicted molar refractivity (Wildman–Crippen MR) is 111 cm³/mol. The number of hydrogen-bond acceptors (Lipinski definition) is 4. The monoisotopic (exact) mass is 406 g/mol. The molecule has 1 saturated carbocycles. The van der Waals surface area contributed by atoms with Gasteiger partial charge in [0.25, 0.3) is 0 Å². The van der Waals surface area contributed by atoms with E-state index in [0.29, 0.717) is 13.0 Å². The quantitative estimate of drug-likeness (QED) is 0.674. The maximum absolute atomic E-state index is 12.5. The number of hydrogen-bond donors (Lipinski definition) is 3. The molecule has 1 aromatic rings. The Morgan fingerprint density at radius 3 is 2.70 bits per heavy atom. The zero-order valence-corrected chi connectivity index (χ0v) is 17.2. The van der Waals surface area contributed by atoms with Gasteiger partial charge in [0.05, 0.1) is 16.7 Å². The van der Waals surface area contributed by atoms with E-state index in [1.165, 1.54) is 5.56 Å². The van der Waals surface area contributed by atoms with Gasteiger partial charge in [-0.05, 0) is 28.9 Å². The van der Waals surface area contributed by atoms with Gasteiger partial charge < -0.3 is 16.2 Å². The molecule has 7 unspecified atom stereocenters. The van der Waals surface area contributed by atoms with Gasteiger partial charge in [-0.1, -0.05) is 44.2 Å². The minimum atomic E-state index is -0.517. The largest absolute Gasteiger partial charge is 0.392 e. The topological polar surface area (TPSA) is 75.3 Å². The summed E-state index contributed by atoms with van der Waals surface area (Å²) in [6, 6.07) is 8.36. The summed E-state index contributed by atoms with van der Waals surface area (Å²) >= 11 is 8.15. The minimum Gasteiger partial charge on any atom is -0.392 e. The molecule has 1 amide bonds. The van der Waals surface area contributed by atoms with Gasteiger partial charge >= 0.3 is 0 Å². The lowest BCUT2D eigenvalue weighted by atomic mass is 9.63. The van der Waals surface area contributed by atoms with Crippen molar-refractivity contribution in [1.29, 1.82) is 0 Å². The van der Waals surface area contributed by atoms with Crippen LogP contribution in [0.15, 0.2) is 35.7 Å². The van der Waals surface area contributed by atoms with Crippen LogP contribution in [0.5, 0.6) is 0 Å². The molecule has 0 radical (unpaired) electrons. The van der Waals surface area contributed by atoms with Gasteiger partial charge in [0, 0.05) is 29.8 Å². The van der Waals surface area contributed by atoms with Gasteiger partial charge in [-0.25, -0.2) is 0 Å². The number of amides is 1. The number of alkyl halides is 1. The van der Waals surface area contributed by atoms with Crippen molar-refractivity contribution in [3.05, 3.63) is 46.9 Å². The van der Waals surface area contributed by atoms with E-state index in [0.717, 1.165) is 5.56 Å². The Kier molecular flexibility index (Phi) is 5.08. The maximum Gasteiger partial charge on any atom is 0.234 e. The average Bonchev–Trinajstić information content (AvgIpc) is 3.14. The first-order valence-corrected chi connectivity index (χ1v) is 11.0. The number of thioether (sulfide) groups is 1. The van der Waals surface area contributed by atoms with Gasteiger partial charge in [-0.2, -0.15) is 0 Å². The zero-order chi connectivity index (χ0) is 19.3. The molecule has 27 heavy (non-hydrogen) atoms. The Labute approximate surface area is 169 Å². The molecule has 0 aromatic heterocycles. The number of aliphatic hydroxyl groups excluding tert-OH is 1. The van der Waals surface area contributed by atoms with Crippen molar-refractivity contribution in [3.8, 4) is 0 Å². The number of carbonyl (C=O) groups is 1. The molecule has 1 saturated heterocycles. The van der Waals surface area contributed by atoms with Gasteiger partial charge in [0.2, 0.25) is 5.91 Å². The molecule has 2 heterocycles. The summed E-state index contributed by atoms with van der Waals surface area (Å²) in [7, 11) is 0. The summed E-state index contributed by atoms with van der Waals surface area (Å²) in [5, 5.41) is 15.7. The maximum atomic E-state index is 12.5. The highest BCUT2D eigenvalue weighted by atomic mass is 35.5. The van der Waals surface area contributed by atoms with Crippen molar-refractivity contribution in [2.45, 2.75) is 54.4 Å².